The van der Waals surface area contributed by atoms with Gasteiger partial charge in [-0.3, -0.25) is 4.68 Å². The first-order valence-electron chi connectivity index (χ1n) is 5.74. The summed E-state index contributed by atoms with van der Waals surface area (Å²) in [6, 6.07) is 0. The van der Waals surface area contributed by atoms with Gasteiger partial charge in [0.15, 0.2) is 11.4 Å². The van der Waals surface area contributed by atoms with Crippen LogP contribution >= 0.6 is 0 Å². The molecule has 0 radical (unpaired) electrons. The molecule has 98 valence electrons. The Balaban J connectivity index is 2.41. The Kier molecular flexibility index (Phi) is 3.71. The number of aryl methyl sites for hydroxylation is 1. The van der Waals surface area contributed by atoms with Crippen molar-refractivity contribution in [2.75, 3.05) is 14.2 Å². The molecule has 0 spiro atoms. The fraction of sp³-hybridized carbons (Fsp3) is 0.286. The van der Waals surface area contributed by atoms with E-state index in [2.05, 4.69) is 21.9 Å². The second-order valence-electron chi connectivity index (χ2n) is 3.99. The average molecular weight is 257 g/mol. The highest BCUT2D eigenvalue weighted by Crippen LogP contribution is 2.28. The van der Waals surface area contributed by atoms with E-state index in [4.69, 9.17) is 9.47 Å². The molecular weight excluding hydrogens is 242 g/mol. The van der Waals surface area contributed by atoms with Crippen LogP contribution in [0, 0.1) is 18.8 Å². The molecule has 2 rings (SSSR count). The van der Waals surface area contributed by atoms with Crippen LogP contribution in [-0.2, 0) is 7.05 Å². The minimum atomic E-state index is 0.588. The van der Waals surface area contributed by atoms with Crippen molar-refractivity contribution in [3.8, 4) is 23.3 Å². The summed E-state index contributed by atoms with van der Waals surface area (Å²) in [4.78, 5) is 4.25. The van der Waals surface area contributed by atoms with Crippen LogP contribution in [0.15, 0.2) is 18.6 Å². The van der Waals surface area contributed by atoms with E-state index < -0.39 is 0 Å². The van der Waals surface area contributed by atoms with E-state index in [1.165, 1.54) is 0 Å². The third kappa shape index (κ3) is 2.68. The predicted molar refractivity (Wildman–Crippen MR) is 71.3 cm³/mol. The van der Waals surface area contributed by atoms with Gasteiger partial charge in [-0.15, -0.1) is 0 Å². The van der Waals surface area contributed by atoms with Crippen LogP contribution in [0.4, 0.5) is 0 Å². The van der Waals surface area contributed by atoms with Crippen molar-refractivity contribution < 1.29 is 9.47 Å². The molecule has 0 saturated heterocycles. The number of pyridine rings is 1. The van der Waals surface area contributed by atoms with E-state index in [-0.39, 0.29) is 0 Å². The molecule has 0 N–H and O–H groups in total. The van der Waals surface area contributed by atoms with Crippen LogP contribution < -0.4 is 9.47 Å². The zero-order valence-electron chi connectivity index (χ0n) is 11.4. The molecule has 0 fully saturated rings. The van der Waals surface area contributed by atoms with Gasteiger partial charge in [0.1, 0.15) is 5.75 Å². The van der Waals surface area contributed by atoms with E-state index in [0.717, 1.165) is 11.1 Å². The Morgan fingerprint density at radius 2 is 1.95 bits per heavy atom. The second-order valence-corrected chi connectivity index (χ2v) is 3.99. The Morgan fingerprint density at radius 3 is 2.53 bits per heavy atom. The summed E-state index contributed by atoms with van der Waals surface area (Å²) in [5, 5.41) is 4.06. The molecule has 0 aliphatic rings. The number of aromatic nitrogens is 3. The summed E-state index contributed by atoms with van der Waals surface area (Å²) in [5.41, 5.74) is 2.31. The largest absolute Gasteiger partial charge is 0.495 e. The van der Waals surface area contributed by atoms with Crippen molar-refractivity contribution in [3.63, 3.8) is 0 Å². The normalized spacial score (nSPS) is 9.68. The van der Waals surface area contributed by atoms with Crippen molar-refractivity contribution >= 4 is 0 Å². The summed E-state index contributed by atoms with van der Waals surface area (Å²) >= 11 is 0. The van der Waals surface area contributed by atoms with Crippen LogP contribution in [0.1, 0.15) is 16.8 Å². The predicted octanol–water partition coefficient (Wildman–Crippen LogP) is 1.54. The fourth-order valence-electron chi connectivity index (χ4n) is 1.73. The van der Waals surface area contributed by atoms with Gasteiger partial charge >= 0.3 is 0 Å². The molecule has 0 atom stereocenters. The lowest BCUT2D eigenvalue weighted by atomic mass is 10.2. The van der Waals surface area contributed by atoms with E-state index in [1.807, 2.05) is 20.2 Å². The summed E-state index contributed by atoms with van der Waals surface area (Å²) < 4.78 is 12.3. The maximum absolute atomic E-state index is 5.35. The zero-order chi connectivity index (χ0) is 13.8. The number of rotatable bonds is 2. The van der Waals surface area contributed by atoms with Gasteiger partial charge in [-0.2, -0.15) is 5.10 Å². The standard InChI is InChI=1S/C14H15N3O2/c1-10-13(18-3)8-15-12(14(10)19-4)6-5-11-7-16-17(2)9-11/h7-9H,1-4H3. The van der Waals surface area contributed by atoms with Crippen LogP contribution in [0.2, 0.25) is 0 Å². The highest BCUT2D eigenvalue weighted by Gasteiger charge is 2.10. The molecule has 0 aliphatic heterocycles. The zero-order valence-corrected chi connectivity index (χ0v) is 11.4. The van der Waals surface area contributed by atoms with Crippen molar-refractivity contribution in [1.29, 1.82) is 0 Å². The van der Waals surface area contributed by atoms with Crippen LogP contribution in [0.3, 0.4) is 0 Å². The number of ether oxygens (including phenoxy) is 2. The molecule has 2 aromatic rings. The van der Waals surface area contributed by atoms with Gasteiger partial charge in [0.05, 0.1) is 32.2 Å². The third-order valence-electron chi connectivity index (χ3n) is 2.69. The van der Waals surface area contributed by atoms with Crippen LogP contribution in [-0.4, -0.2) is 29.0 Å². The fourth-order valence-corrected chi connectivity index (χ4v) is 1.73. The van der Waals surface area contributed by atoms with E-state index in [9.17, 15) is 0 Å². The molecular formula is C14H15N3O2. The molecule has 5 nitrogen and oxygen atoms in total. The highest BCUT2D eigenvalue weighted by atomic mass is 16.5. The molecule has 0 saturated carbocycles. The molecule has 0 aromatic carbocycles. The maximum Gasteiger partial charge on any atom is 0.159 e. The average Bonchev–Trinajstić information content (AvgIpc) is 2.82. The Labute approximate surface area is 112 Å². The maximum atomic E-state index is 5.35. The van der Waals surface area contributed by atoms with Gasteiger partial charge in [0.25, 0.3) is 0 Å². The van der Waals surface area contributed by atoms with E-state index in [0.29, 0.717) is 17.2 Å². The quantitative estimate of drug-likeness (QED) is 0.766. The Bertz CT molecular complexity index is 650. The van der Waals surface area contributed by atoms with E-state index in [1.54, 1.807) is 31.3 Å². The second kappa shape index (κ2) is 5.44. The monoisotopic (exact) mass is 257 g/mol. The van der Waals surface area contributed by atoms with Crippen molar-refractivity contribution in [2.24, 2.45) is 7.05 Å². The number of hydrogen-bond acceptors (Lipinski definition) is 4. The lowest BCUT2D eigenvalue weighted by molar-refractivity contribution is 0.384. The van der Waals surface area contributed by atoms with Crippen molar-refractivity contribution in [2.45, 2.75) is 6.92 Å². The molecule has 0 unspecified atom stereocenters. The third-order valence-corrected chi connectivity index (χ3v) is 2.69. The molecule has 19 heavy (non-hydrogen) atoms. The lowest BCUT2D eigenvalue weighted by Crippen LogP contribution is -1.98. The van der Waals surface area contributed by atoms with E-state index >= 15 is 0 Å². The minimum absolute atomic E-state index is 0.588. The Morgan fingerprint density at radius 1 is 1.16 bits per heavy atom. The van der Waals surface area contributed by atoms with Gasteiger partial charge < -0.3 is 9.47 Å². The first-order valence-corrected chi connectivity index (χ1v) is 5.74. The van der Waals surface area contributed by atoms with Crippen molar-refractivity contribution in [1.82, 2.24) is 14.8 Å². The summed E-state index contributed by atoms with van der Waals surface area (Å²) in [5.74, 6) is 7.31. The number of hydrogen-bond donors (Lipinski definition) is 0. The first-order chi connectivity index (χ1) is 9.15. The summed E-state index contributed by atoms with van der Waals surface area (Å²) in [6.07, 6.45) is 5.19. The molecule has 2 heterocycles. The molecule has 0 aliphatic carbocycles. The lowest BCUT2D eigenvalue weighted by Gasteiger charge is -2.10. The molecule has 2 aromatic heterocycles. The van der Waals surface area contributed by atoms with Crippen LogP contribution in [0.5, 0.6) is 11.5 Å². The van der Waals surface area contributed by atoms with Gasteiger partial charge in [-0.25, -0.2) is 4.98 Å². The SMILES string of the molecule is COc1cnc(C#Cc2cnn(C)c2)c(OC)c1C. The number of nitrogens with zero attached hydrogens (tertiary/aromatic N) is 3. The van der Waals surface area contributed by atoms with Gasteiger partial charge in [0, 0.05) is 18.8 Å². The summed E-state index contributed by atoms with van der Waals surface area (Å²) in [6.45, 7) is 1.91. The minimum Gasteiger partial charge on any atom is -0.495 e. The Hall–Kier alpha value is -2.48. The molecule has 0 bridgehead atoms. The first kappa shape index (κ1) is 13.0. The van der Waals surface area contributed by atoms with Gasteiger partial charge in [0.2, 0.25) is 0 Å². The number of methoxy groups -OCH3 is 2. The van der Waals surface area contributed by atoms with Crippen LogP contribution in [0.25, 0.3) is 0 Å². The smallest absolute Gasteiger partial charge is 0.159 e. The highest BCUT2D eigenvalue weighted by molar-refractivity contribution is 5.52. The molecule has 0 amide bonds. The van der Waals surface area contributed by atoms with Crippen molar-refractivity contribution in [3.05, 3.63) is 35.4 Å². The van der Waals surface area contributed by atoms with Gasteiger partial charge in [-0.1, -0.05) is 5.92 Å². The molecule has 5 heteroatoms. The summed E-state index contributed by atoms with van der Waals surface area (Å²) in [7, 11) is 5.05. The topological polar surface area (TPSA) is 49.2 Å². The van der Waals surface area contributed by atoms with Gasteiger partial charge in [-0.05, 0) is 12.8 Å².